The van der Waals surface area contributed by atoms with Crippen molar-refractivity contribution in [1.29, 1.82) is 0 Å². The summed E-state index contributed by atoms with van der Waals surface area (Å²) in [6, 6.07) is 1.72. The van der Waals surface area contributed by atoms with E-state index in [1.807, 2.05) is 6.92 Å². The van der Waals surface area contributed by atoms with Crippen molar-refractivity contribution < 1.29 is 14.3 Å². The smallest absolute Gasteiger partial charge is 0.183 e. The van der Waals surface area contributed by atoms with Gasteiger partial charge in [-0.3, -0.25) is 0 Å². The average molecular weight is 314 g/mol. The van der Waals surface area contributed by atoms with Gasteiger partial charge < -0.3 is 14.3 Å². The zero-order valence-corrected chi connectivity index (χ0v) is 10.3. The maximum Gasteiger partial charge on any atom is 0.183 e. The number of hydrogen-bond donors (Lipinski definition) is 1. The average Bonchev–Trinajstić information content (AvgIpc) is 2.43. The number of halogens is 2. The molecule has 1 unspecified atom stereocenters. The monoisotopic (exact) mass is 312 g/mol. The van der Waals surface area contributed by atoms with Crippen LogP contribution in [-0.4, -0.2) is 18.3 Å². The molecule has 0 aliphatic heterocycles. The van der Waals surface area contributed by atoms with Gasteiger partial charge in [-0.25, -0.2) is 0 Å². The molecule has 1 heterocycles. The van der Waals surface area contributed by atoms with E-state index in [4.69, 9.17) is 9.15 Å². The second-order valence-electron chi connectivity index (χ2n) is 2.45. The first-order chi connectivity index (χ1) is 6.15. The highest BCUT2D eigenvalue weighted by molar-refractivity contribution is 9.13. The Morgan fingerprint density at radius 2 is 2.31 bits per heavy atom. The minimum absolute atomic E-state index is 0.253. The number of furan rings is 1. The fourth-order valence-electron chi connectivity index (χ4n) is 0.839. The highest BCUT2D eigenvalue weighted by Crippen LogP contribution is 2.29. The van der Waals surface area contributed by atoms with Gasteiger partial charge in [0, 0.05) is 6.61 Å². The normalized spacial score (nSPS) is 13.2. The number of aliphatic hydroxyl groups excluding tert-OH is 1. The maximum atomic E-state index is 9.53. The molecule has 74 valence electrons. The predicted molar refractivity (Wildman–Crippen MR) is 55.6 cm³/mol. The number of rotatable bonds is 4. The van der Waals surface area contributed by atoms with Gasteiger partial charge in [0.2, 0.25) is 0 Å². The number of aliphatic hydroxyl groups is 1. The van der Waals surface area contributed by atoms with Crippen molar-refractivity contribution in [1.82, 2.24) is 0 Å². The summed E-state index contributed by atoms with van der Waals surface area (Å²) in [5.74, 6) is 0.493. The van der Waals surface area contributed by atoms with Crippen molar-refractivity contribution in [3.8, 4) is 0 Å². The van der Waals surface area contributed by atoms with Gasteiger partial charge >= 0.3 is 0 Å². The van der Waals surface area contributed by atoms with Crippen molar-refractivity contribution in [2.75, 3.05) is 13.2 Å². The van der Waals surface area contributed by atoms with Gasteiger partial charge in [-0.05, 0) is 44.8 Å². The van der Waals surface area contributed by atoms with Crippen LogP contribution in [0.1, 0.15) is 18.8 Å². The molecule has 3 nitrogen and oxygen atoms in total. The van der Waals surface area contributed by atoms with Gasteiger partial charge in [0.25, 0.3) is 0 Å². The third-order valence-corrected chi connectivity index (χ3v) is 3.18. The first kappa shape index (κ1) is 11.2. The lowest BCUT2D eigenvalue weighted by Crippen LogP contribution is -2.05. The standard InChI is InChI=1S/C8H10Br2O3/c1-2-12-4-6(11)7-3-5(9)8(10)13-7/h3,6,11H,2,4H2,1H3. The maximum absolute atomic E-state index is 9.53. The Morgan fingerprint density at radius 1 is 1.62 bits per heavy atom. The van der Waals surface area contributed by atoms with Gasteiger partial charge in [0.05, 0.1) is 11.1 Å². The SMILES string of the molecule is CCOCC(O)c1cc(Br)c(Br)o1. The van der Waals surface area contributed by atoms with Crippen LogP contribution < -0.4 is 0 Å². The molecule has 1 rings (SSSR count). The molecule has 0 saturated carbocycles. The molecule has 1 aromatic rings. The van der Waals surface area contributed by atoms with Crippen LogP contribution in [0.3, 0.4) is 0 Å². The van der Waals surface area contributed by atoms with Crippen molar-refractivity contribution in [3.63, 3.8) is 0 Å². The molecule has 13 heavy (non-hydrogen) atoms. The van der Waals surface area contributed by atoms with Gasteiger partial charge in [0.15, 0.2) is 4.67 Å². The number of hydrogen-bond acceptors (Lipinski definition) is 3. The second-order valence-corrected chi connectivity index (χ2v) is 4.02. The van der Waals surface area contributed by atoms with Gasteiger partial charge in [-0.1, -0.05) is 0 Å². The van der Waals surface area contributed by atoms with Crippen molar-refractivity contribution in [2.45, 2.75) is 13.0 Å². The van der Waals surface area contributed by atoms with Gasteiger partial charge in [-0.2, -0.15) is 0 Å². The van der Waals surface area contributed by atoms with Crippen molar-refractivity contribution in [3.05, 3.63) is 21.0 Å². The summed E-state index contributed by atoms with van der Waals surface area (Å²) >= 11 is 6.45. The highest BCUT2D eigenvalue weighted by Gasteiger charge is 2.14. The summed E-state index contributed by atoms with van der Waals surface area (Å²) < 4.78 is 11.6. The van der Waals surface area contributed by atoms with Crippen molar-refractivity contribution in [2.24, 2.45) is 0 Å². The third kappa shape index (κ3) is 3.09. The molecule has 0 fully saturated rings. The molecule has 0 aliphatic rings. The Morgan fingerprint density at radius 3 is 2.77 bits per heavy atom. The van der Waals surface area contributed by atoms with E-state index in [9.17, 15) is 5.11 Å². The van der Waals surface area contributed by atoms with Crippen molar-refractivity contribution >= 4 is 31.9 Å². The fourth-order valence-corrected chi connectivity index (χ4v) is 1.45. The summed E-state index contributed by atoms with van der Waals surface area (Å²) in [5.41, 5.74) is 0. The molecule has 0 saturated heterocycles. The molecule has 0 radical (unpaired) electrons. The Bertz CT molecular complexity index is 253. The summed E-state index contributed by atoms with van der Waals surface area (Å²) in [6.45, 7) is 2.71. The van der Waals surface area contributed by atoms with Crippen LogP contribution in [0.25, 0.3) is 0 Å². The van der Waals surface area contributed by atoms with Crippen LogP contribution in [-0.2, 0) is 4.74 Å². The Kier molecular flexibility index (Phi) is 4.45. The summed E-state index contributed by atoms with van der Waals surface area (Å²) in [7, 11) is 0. The van der Waals surface area contributed by atoms with E-state index >= 15 is 0 Å². The van der Waals surface area contributed by atoms with E-state index in [-0.39, 0.29) is 6.61 Å². The van der Waals surface area contributed by atoms with E-state index < -0.39 is 6.10 Å². The Balaban J connectivity index is 2.60. The Labute approximate surface area is 93.3 Å². The summed E-state index contributed by atoms with van der Waals surface area (Å²) in [4.78, 5) is 0. The number of ether oxygens (including phenoxy) is 1. The summed E-state index contributed by atoms with van der Waals surface area (Å²) in [5, 5.41) is 9.53. The topological polar surface area (TPSA) is 42.6 Å². The quantitative estimate of drug-likeness (QED) is 0.929. The molecule has 0 aliphatic carbocycles. The van der Waals surface area contributed by atoms with Crippen LogP contribution in [0.2, 0.25) is 0 Å². The molecule has 0 aromatic carbocycles. The zero-order valence-electron chi connectivity index (χ0n) is 7.09. The lowest BCUT2D eigenvalue weighted by Gasteiger charge is -2.06. The van der Waals surface area contributed by atoms with E-state index in [0.717, 1.165) is 4.47 Å². The lowest BCUT2D eigenvalue weighted by molar-refractivity contribution is 0.0299. The van der Waals surface area contributed by atoms with Crippen LogP contribution in [0.15, 0.2) is 19.6 Å². The molecule has 1 atom stereocenters. The molecule has 1 N–H and O–H groups in total. The predicted octanol–water partition coefficient (Wildman–Crippen LogP) is 2.87. The minimum Gasteiger partial charge on any atom is -0.450 e. The highest BCUT2D eigenvalue weighted by atomic mass is 79.9. The molecule has 5 heteroatoms. The molecule has 1 aromatic heterocycles. The minimum atomic E-state index is -0.706. The van der Waals surface area contributed by atoms with E-state index in [1.54, 1.807) is 6.07 Å². The van der Waals surface area contributed by atoms with E-state index in [2.05, 4.69) is 31.9 Å². The second kappa shape index (κ2) is 5.14. The van der Waals surface area contributed by atoms with Crippen LogP contribution in [0.5, 0.6) is 0 Å². The van der Waals surface area contributed by atoms with E-state index in [0.29, 0.717) is 17.0 Å². The lowest BCUT2D eigenvalue weighted by atomic mass is 10.3. The molecule has 0 bridgehead atoms. The largest absolute Gasteiger partial charge is 0.450 e. The Hall–Kier alpha value is 0.160. The summed E-state index contributed by atoms with van der Waals surface area (Å²) in [6.07, 6.45) is -0.706. The van der Waals surface area contributed by atoms with Gasteiger partial charge in [0.1, 0.15) is 11.9 Å². The zero-order chi connectivity index (χ0) is 9.84. The van der Waals surface area contributed by atoms with Gasteiger partial charge in [-0.15, -0.1) is 0 Å². The fraction of sp³-hybridized carbons (Fsp3) is 0.500. The van der Waals surface area contributed by atoms with Crippen LogP contribution >= 0.6 is 31.9 Å². The molecular weight excluding hydrogens is 304 g/mol. The molecular formula is C8H10Br2O3. The third-order valence-electron chi connectivity index (χ3n) is 1.47. The molecule has 0 amide bonds. The molecule has 0 spiro atoms. The first-order valence-corrected chi connectivity index (χ1v) is 5.44. The first-order valence-electron chi connectivity index (χ1n) is 3.85. The van der Waals surface area contributed by atoms with E-state index in [1.165, 1.54) is 0 Å². The van der Waals surface area contributed by atoms with Crippen LogP contribution in [0.4, 0.5) is 0 Å². The van der Waals surface area contributed by atoms with Crippen LogP contribution in [0, 0.1) is 0 Å².